The first-order chi connectivity index (χ1) is 13.5. The minimum Gasteiger partial charge on any atom is -0.497 e. The Morgan fingerprint density at radius 1 is 1.11 bits per heavy atom. The summed E-state index contributed by atoms with van der Waals surface area (Å²) in [6.07, 6.45) is 0. The van der Waals surface area contributed by atoms with Gasteiger partial charge in [-0.25, -0.2) is 0 Å². The maximum atomic E-state index is 12.4. The lowest BCUT2D eigenvalue weighted by molar-refractivity contribution is 0.0921. The molecule has 28 heavy (non-hydrogen) atoms. The first-order valence-corrected chi connectivity index (χ1v) is 10.5. The van der Waals surface area contributed by atoms with Gasteiger partial charge in [0.25, 0.3) is 5.91 Å². The van der Waals surface area contributed by atoms with E-state index in [1.54, 1.807) is 25.3 Å². The summed E-state index contributed by atoms with van der Waals surface area (Å²) in [6.45, 7) is 0.352. The third-order valence-corrected chi connectivity index (χ3v) is 5.66. The van der Waals surface area contributed by atoms with Crippen molar-refractivity contribution in [3.05, 3.63) is 88.3 Å². The van der Waals surface area contributed by atoms with E-state index < -0.39 is 10.8 Å². The van der Waals surface area contributed by atoms with E-state index in [1.807, 2.05) is 42.5 Å². The predicted molar refractivity (Wildman–Crippen MR) is 110 cm³/mol. The molecule has 7 heteroatoms. The van der Waals surface area contributed by atoms with Gasteiger partial charge in [-0.1, -0.05) is 41.9 Å². The fourth-order valence-corrected chi connectivity index (χ4v) is 4.08. The van der Waals surface area contributed by atoms with Crippen molar-refractivity contribution in [3.8, 4) is 5.75 Å². The van der Waals surface area contributed by atoms with Crippen molar-refractivity contribution in [2.75, 3.05) is 7.11 Å². The first kappa shape index (κ1) is 20.2. The molecule has 3 rings (SSSR count). The molecule has 1 heterocycles. The fourth-order valence-electron chi connectivity index (χ4n) is 2.63. The molecule has 0 unspecified atom stereocenters. The van der Waals surface area contributed by atoms with E-state index in [1.165, 1.54) is 0 Å². The van der Waals surface area contributed by atoms with E-state index in [4.69, 9.17) is 20.8 Å². The van der Waals surface area contributed by atoms with Crippen LogP contribution in [-0.2, 0) is 28.9 Å². The van der Waals surface area contributed by atoms with Crippen molar-refractivity contribution in [1.29, 1.82) is 0 Å². The van der Waals surface area contributed by atoms with E-state index >= 15 is 0 Å². The molecule has 146 valence electrons. The summed E-state index contributed by atoms with van der Waals surface area (Å²) >= 11 is 6.10. The van der Waals surface area contributed by atoms with E-state index in [-0.39, 0.29) is 17.4 Å². The lowest BCUT2D eigenvalue weighted by Crippen LogP contribution is -2.22. The topological polar surface area (TPSA) is 68.5 Å². The van der Waals surface area contributed by atoms with Crippen LogP contribution >= 0.6 is 11.6 Å². The third kappa shape index (κ3) is 5.47. The maximum Gasteiger partial charge on any atom is 0.287 e. The number of hydrogen-bond donors (Lipinski definition) is 1. The second kappa shape index (κ2) is 9.57. The average molecular weight is 418 g/mol. The zero-order chi connectivity index (χ0) is 19.9. The van der Waals surface area contributed by atoms with Gasteiger partial charge >= 0.3 is 0 Å². The van der Waals surface area contributed by atoms with Crippen molar-refractivity contribution in [2.45, 2.75) is 18.1 Å². The Kier molecular flexibility index (Phi) is 6.90. The van der Waals surface area contributed by atoms with Gasteiger partial charge in [0.1, 0.15) is 11.5 Å². The molecular weight excluding hydrogens is 398 g/mol. The zero-order valence-electron chi connectivity index (χ0n) is 15.3. The summed E-state index contributed by atoms with van der Waals surface area (Å²) in [7, 11) is 0.402. The molecule has 0 saturated heterocycles. The van der Waals surface area contributed by atoms with Gasteiger partial charge in [-0.3, -0.25) is 9.00 Å². The normalized spacial score (nSPS) is 11.8. The molecule has 0 fully saturated rings. The minimum atomic E-state index is -1.19. The number of nitrogens with one attached hydrogen (secondary N) is 1. The van der Waals surface area contributed by atoms with Crippen LogP contribution in [0.4, 0.5) is 0 Å². The molecule has 0 aliphatic carbocycles. The maximum absolute atomic E-state index is 12.4. The average Bonchev–Trinajstić information content (AvgIpc) is 3.16. The highest BCUT2D eigenvalue weighted by Crippen LogP contribution is 2.19. The summed E-state index contributed by atoms with van der Waals surface area (Å²) in [5.41, 5.74) is 1.74. The molecule has 0 aliphatic rings. The van der Waals surface area contributed by atoms with Crippen LogP contribution in [0.2, 0.25) is 5.02 Å². The number of rotatable bonds is 8. The third-order valence-electron chi connectivity index (χ3n) is 4.05. The Hall–Kier alpha value is -2.57. The molecular formula is C21H20ClNO4S. The zero-order valence-corrected chi connectivity index (χ0v) is 16.9. The quantitative estimate of drug-likeness (QED) is 0.592. The van der Waals surface area contributed by atoms with Crippen LogP contribution in [0.3, 0.4) is 0 Å². The van der Waals surface area contributed by atoms with Crippen LogP contribution < -0.4 is 10.1 Å². The summed E-state index contributed by atoms with van der Waals surface area (Å²) in [4.78, 5) is 12.3. The van der Waals surface area contributed by atoms with Gasteiger partial charge in [0.15, 0.2) is 5.76 Å². The largest absolute Gasteiger partial charge is 0.497 e. The molecule has 1 amide bonds. The highest BCUT2D eigenvalue weighted by atomic mass is 35.5. The number of ether oxygens (including phenoxy) is 1. The van der Waals surface area contributed by atoms with Gasteiger partial charge < -0.3 is 14.5 Å². The van der Waals surface area contributed by atoms with Gasteiger partial charge in [-0.2, -0.15) is 0 Å². The van der Waals surface area contributed by atoms with Crippen molar-refractivity contribution in [1.82, 2.24) is 5.32 Å². The van der Waals surface area contributed by atoms with Crippen molar-refractivity contribution >= 4 is 28.3 Å². The molecule has 0 bridgehead atoms. The fraction of sp³-hybridized carbons (Fsp3) is 0.190. The molecule has 2 aromatic carbocycles. The van der Waals surface area contributed by atoms with Crippen LogP contribution in [0.15, 0.2) is 65.1 Å². The van der Waals surface area contributed by atoms with Crippen molar-refractivity contribution in [2.24, 2.45) is 0 Å². The van der Waals surface area contributed by atoms with Gasteiger partial charge in [-0.15, -0.1) is 0 Å². The van der Waals surface area contributed by atoms with Gasteiger partial charge in [-0.05, 0) is 41.5 Å². The lowest BCUT2D eigenvalue weighted by Gasteiger charge is -2.06. The monoisotopic (exact) mass is 417 g/mol. The number of benzene rings is 2. The second-order valence-corrected chi connectivity index (χ2v) is 7.98. The van der Waals surface area contributed by atoms with Crippen LogP contribution in [0.5, 0.6) is 5.75 Å². The number of carbonyl (C=O) groups is 1. The van der Waals surface area contributed by atoms with E-state index in [9.17, 15) is 9.00 Å². The molecule has 0 saturated carbocycles. The molecule has 0 radical (unpaired) electrons. The Bertz CT molecular complexity index is 986. The van der Waals surface area contributed by atoms with Crippen LogP contribution in [0.25, 0.3) is 0 Å². The van der Waals surface area contributed by atoms with Crippen LogP contribution in [-0.4, -0.2) is 17.2 Å². The van der Waals surface area contributed by atoms with Gasteiger partial charge in [0.2, 0.25) is 0 Å². The van der Waals surface area contributed by atoms with E-state index in [2.05, 4.69) is 5.32 Å². The number of methoxy groups -OCH3 is 1. The molecule has 1 N–H and O–H groups in total. The van der Waals surface area contributed by atoms with Crippen molar-refractivity contribution < 1.29 is 18.2 Å². The number of hydrogen-bond acceptors (Lipinski definition) is 4. The lowest BCUT2D eigenvalue weighted by atomic mass is 10.2. The SMILES string of the molecule is COc1cccc(CNC(=O)c2ccc(C[S@@](=O)Cc3ccccc3Cl)o2)c1. The van der Waals surface area contributed by atoms with E-state index in [0.29, 0.717) is 23.1 Å². The smallest absolute Gasteiger partial charge is 0.287 e. The molecule has 3 aromatic rings. The first-order valence-electron chi connectivity index (χ1n) is 8.63. The Morgan fingerprint density at radius 2 is 1.93 bits per heavy atom. The number of halogens is 1. The van der Waals surface area contributed by atoms with Crippen molar-refractivity contribution in [3.63, 3.8) is 0 Å². The number of amides is 1. The molecule has 5 nitrogen and oxygen atoms in total. The predicted octanol–water partition coefficient (Wildman–Crippen LogP) is 4.32. The molecule has 1 atom stereocenters. The molecule has 1 aromatic heterocycles. The number of furan rings is 1. The minimum absolute atomic E-state index is 0.188. The summed E-state index contributed by atoms with van der Waals surface area (Å²) in [5, 5.41) is 3.39. The Morgan fingerprint density at radius 3 is 2.71 bits per heavy atom. The highest BCUT2D eigenvalue weighted by Gasteiger charge is 2.14. The second-order valence-electron chi connectivity index (χ2n) is 6.12. The van der Waals surface area contributed by atoms with Gasteiger partial charge in [0, 0.05) is 22.4 Å². The highest BCUT2D eigenvalue weighted by molar-refractivity contribution is 7.83. The van der Waals surface area contributed by atoms with Crippen LogP contribution in [0, 0.1) is 0 Å². The summed E-state index contributed by atoms with van der Waals surface area (Å²) < 4.78 is 23.1. The van der Waals surface area contributed by atoms with Gasteiger partial charge in [0.05, 0.1) is 18.6 Å². The Balaban J connectivity index is 1.54. The Labute approximate surface area is 171 Å². The van der Waals surface area contributed by atoms with E-state index in [0.717, 1.165) is 16.9 Å². The summed E-state index contributed by atoms with van der Waals surface area (Å²) in [5.74, 6) is 1.63. The number of carbonyl (C=O) groups excluding carboxylic acids is 1. The summed E-state index contributed by atoms with van der Waals surface area (Å²) in [6, 6.07) is 18.0. The molecule has 0 spiro atoms. The van der Waals surface area contributed by atoms with Crippen LogP contribution in [0.1, 0.15) is 27.4 Å². The molecule has 0 aliphatic heterocycles. The standard InChI is InChI=1S/C21H20ClNO4S/c1-26-17-7-4-5-15(11-17)12-23-21(24)20-10-9-18(27-20)14-28(25)13-16-6-2-3-8-19(16)22/h2-11H,12-14H2,1H3,(H,23,24)/t28-/m0/s1.